The third-order valence-corrected chi connectivity index (χ3v) is 3.54. The summed E-state index contributed by atoms with van der Waals surface area (Å²) >= 11 is 0. The van der Waals surface area contributed by atoms with Crippen LogP contribution in [0.4, 0.5) is 10.1 Å². The van der Waals surface area contributed by atoms with Gasteiger partial charge in [-0.05, 0) is 12.1 Å². The van der Waals surface area contributed by atoms with Gasteiger partial charge < -0.3 is 14.8 Å². The summed E-state index contributed by atoms with van der Waals surface area (Å²) in [6, 6.07) is 8.27. The van der Waals surface area contributed by atoms with E-state index >= 15 is 0 Å². The summed E-state index contributed by atoms with van der Waals surface area (Å²) in [4.78, 5) is 22.6. The minimum absolute atomic E-state index is 0.0269. The maximum atomic E-state index is 13.6. The fourth-order valence-electron chi connectivity index (χ4n) is 2.43. The molecule has 0 spiro atoms. The molecule has 0 aromatic heterocycles. The fourth-order valence-corrected chi connectivity index (χ4v) is 2.43. The van der Waals surface area contributed by atoms with Crippen LogP contribution in [0.2, 0.25) is 0 Å². The van der Waals surface area contributed by atoms with E-state index in [1.165, 1.54) is 30.3 Å². The van der Waals surface area contributed by atoms with E-state index in [1.807, 2.05) is 0 Å². The van der Waals surface area contributed by atoms with Crippen molar-refractivity contribution in [3.63, 3.8) is 0 Å². The summed E-state index contributed by atoms with van der Waals surface area (Å²) in [5.74, 6) is -0.804. The first-order chi connectivity index (χ1) is 11.6. The van der Waals surface area contributed by atoms with E-state index in [-0.39, 0.29) is 31.2 Å². The van der Waals surface area contributed by atoms with Crippen LogP contribution in [0.1, 0.15) is 21.5 Å². The second kappa shape index (κ2) is 6.63. The molecule has 24 heavy (non-hydrogen) atoms. The lowest BCUT2D eigenvalue weighted by Gasteiger charge is -2.20. The standard InChI is InChI=1S/C16H13FN2O5/c17-14-4-2-1-3-13(14)16(20)18-7-10-5-12(19(21)22)6-11-8-23-9-24-15(10)11/h1-6H,7-9H2,(H,18,20). The second-order valence-corrected chi connectivity index (χ2v) is 5.12. The third-order valence-electron chi connectivity index (χ3n) is 3.54. The average molecular weight is 332 g/mol. The number of nitrogens with zero attached hydrogens (tertiary/aromatic N) is 1. The van der Waals surface area contributed by atoms with Crippen molar-refractivity contribution in [1.82, 2.24) is 5.32 Å². The maximum absolute atomic E-state index is 13.6. The molecular formula is C16H13FN2O5. The molecule has 3 rings (SSSR count). The Kier molecular flexibility index (Phi) is 4.39. The lowest BCUT2D eigenvalue weighted by molar-refractivity contribution is -0.385. The number of nitrogens with one attached hydrogen (secondary N) is 1. The highest BCUT2D eigenvalue weighted by Gasteiger charge is 2.21. The fraction of sp³-hybridized carbons (Fsp3) is 0.188. The number of halogens is 1. The van der Waals surface area contributed by atoms with Crippen LogP contribution in [0.3, 0.4) is 0 Å². The van der Waals surface area contributed by atoms with Crippen LogP contribution in [0.25, 0.3) is 0 Å². The molecule has 2 aromatic rings. The molecule has 8 heteroatoms. The topological polar surface area (TPSA) is 90.7 Å². The summed E-state index contributed by atoms with van der Waals surface area (Å²) in [6.07, 6.45) is 0. The summed E-state index contributed by atoms with van der Waals surface area (Å²) < 4.78 is 24.1. The number of rotatable bonds is 4. The van der Waals surface area contributed by atoms with Gasteiger partial charge in [0, 0.05) is 29.8 Å². The summed E-state index contributed by atoms with van der Waals surface area (Å²) in [7, 11) is 0. The van der Waals surface area contributed by atoms with E-state index in [9.17, 15) is 19.3 Å². The Morgan fingerprint density at radius 3 is 2.88 bits per heavy atom. The number of benzene rings is 2. The Bertz CT molecular complexity index is 809. The molecule has 0 atom stereocenters. The Morgan fingerprint density at radius 1 is 1.33 bits per heavy atom. The maximum Gasteiger partial charge on any atom is 0.270 e. The molecule has 0 aliphatic carbocycles. The summed E-state index contributed by atoms with van der Waals surface area (Å²) in [5.41, 5.74) is 0.747. The number of hydrogen-bond donors (Lipinski definition) is 1. The van der Waals surface area contributed by atoms with Crippen molar-refractivity contribution in [1.29, 1.82) is 0 Å². The molecule has 0 saturated carbocycles. The molecule has 1 heterocycles. The van der Waals surface area contributed by atoms with Crippen molar-refractivity contribution in [2.45, 2.75) is 13.2 Å². The molecule has 2 aromatic carbocycles. The van der Waals surface area contributed by atoms with Gasteiger partial charge in [0.1, 0.15) is 11.6 Å². The zero-order valence-corrected chi connectivity index (χ0v) is 12.5. The number of hydrogen-bond acceptors (Lipinski definition) is 5. The highest BCUT2D eigenvalue weighted by molar-refractivity contribution is 5.94. The molecule has 0 fully saturated rings. The molecule has 124 valence electrons. The number of ether oxygens (including phenoxy) is 2. The van der Waals surface area contributed by atoms with E-state index in [1.54, 1.807) is 6.07 Å². The van der Waals surface area contributed by atoms with Crippen LogP contribution in [0, 0.1) is 15.9 Å². The highest BCUT2D eigenvalue weighted by atomic mass is 19.1. The first-order valence-corrected chi connectivity index (χ1v) is 7.09. The van der Waals surface area contributed by atoms with Crippen molar-refractivity contribution in [2.75, 3.05) is 6.79 Å². The lowest BCUT2D eigenvalue weighted by Crippen LogP contribution is -2.25. The van der Waals surface area contributed by atoms with Gasteiger partial charge in [0.25, 0.3) is 11.6 Å². The van der Waals surface area contributed by atoms with Gasteiger partial charge in [0.05, 0.1) is 17.1 Å². The molecule has 0 saturated heterocycles. The normalized spacial score (nSPS) is 12.9. The number of carbonyl (C=O) groups is 1. The first kappa shape index (κ1) is 15.9. The van der Waals surface area contributed by atoms with Crippen LogP contribution < -0.4 is 10.1 Å². The van der Waals surface area contributed by atoms with Crippen LogP contribution in [-0.2, 0) is 17.9 Å². The number of amides is 1. The SMILES string of the molecule is O=C(NCc1cc([N+](=O)[O-])cc2c1OCOC2)c1ccccc1F. The van der Waals surface area contributed by atoms with Crippen LogP contribution in [0.5, 0.6) is 5.75 Å². The summed E-state index contributed by atoms with van der Waals surface area (Å²) in [6.45, 7) is 0.182. The van der Waals surface area contributed by atoms with Gasteiger partial charge in [-0.2, -0.15) is 0 Å². The minimum atomic E-state index is -0.638. The number of non-ortho nitro benzene ring substituents is 1. The molecule has 0 unspecified atom stereocenters. The van der Waals surface area contributed by atoms with Gasteiger partial charge in [-0.3, -0.25) is 14.9 Å². The molecule has 1 aliphatic rings. The average Bonchev–Trinajstić information content (AvgIpc) is 2.59. The van der Waals surface area contributed by atoms with Gasteiger partial charge in [0.15, 0.2) is 6.79 Å². The highest BCUT2D eigenvalue weighted by Crippen LogP contribution is 2.32. The van der Waals surface area contributed by atoms with E-state index < -0.39 is 16.6 Å². The zero-order valence-electron chi connectivity index (χ0n) is 12.5. The van der Waals surface area contributed by atoms with Crippen molar-refractivity contribution in [2.24, 2.45) is 0 Å². The zero-order chi connectivity index (χ0) is 17.1. The second-order valence-electron chi connectivity index (χ2n) is 5.12. The van der Waals surface area contributed by atoms with Crippen molar-refractivity contribution in [3.05, 3.63) is 69.0 Å². The van der Waals surface area contributed by atoms with Gasteiger partial charge >= 0.3 is 0 Å². The minimum Gasteiger partial charge on any atom is -0.467 e. The Labute approximate surface area is 136 Å². The number of nitro benzene ring substituents is 1. The van der Waals surface area contributed by atoms with E-state index in [4.69, 9.17) is 9.47 Å². The number of fused-ring (bicyclic) bond motifs is 1. The molecule has 7 nitrogen and oxygen atoms in total. The quantitative estimate of drug-likeness (QED) is 0.686. The van der Waals surface area contributed by atoms with Crippen LogP contribution in [0.15, 0.2) is 36.4 Å². The third kappa shape index (κ3) is 3.18. The Morgan fingerprint density at radius 2 is 2.12 bits per heavy atom. The number of carbonyl (C=O) groups excluding carboxylic acids is 1. The largest absolute Gasteiger partial charge is 0.467 e. The summed E-state index contributed by atoms with van der Waals surface area (Å²) in [5, 5.41) is 13.6. The van der Waals surface area contributed by atoms with E-state index in [2.05, 4.69) is 5.32 Å². The first-order valence-electron chi connectivity index (χ1n) is 7.09. The Hall–Kier alpha value is -3.00. The van der Waals surface area contributed by atoms with Crippen molar-refractivity contribution >= 4 is 11.6 Å². The molecule has 0 bridgehead atoms. The van der Waals surface area contributed by atoms with Gasteiger partial charge in [-0.25, -0.2) is 4.39 Å². The van der Waals surface area contributed by atoms with Gasteiger partial charge in [0.2, 0.25) is 0 Å². The predicted molar refractivity (Wildman–Crippen MR) is 81.0 cm³/mol. The van der Waals surface area contributed by atoms with Gasteiger partial charge in [-0.15, -0.1) is 0 Å². The smallest absolute Gasteiger partial charge is 0.270 e. The molecule has 1 amide bonds. The molecule has 0 radical (unpaired) electrons. The molecular weight excluding hydrogens is 319 g/mol. The lowest BCUT2D eigenvalue weighted by atomic mass is 10.1. The van der Waals surface area contributed by atoms with E-state index in [0.717, 1.165) is 0 Å². The molecule has 1 aliphatic heterocycles. The van der Waals surface area contributed by atoms with Gasteiger partial charge in [-0.1, -0.05) is 12.1 Å². The monoisotopic (exact) mass is 332 g/mol. The van der Waals surface area contributed by atoms with E-state index in [0.29, 0.717) is 16.9 Å². The van der Waals surface area contributed by atoms with Crippen LogP contribution >= 0.6 is 0 Å². The van der Waals surface area contributed by atoms with Crippen molar-refractivity contribution in [3.8, 4) is 5.75 Å². The number of nitro groups is 1. The predicted octanol–water partition coefficient (Wildman–Crippen LogP) is 2.53. The Balaban J connectivity index is 1.84. The van der Waals surface area contributed by atoms with Crippen molar-refractivity contribution < 1.29 is 23.6 Å². The van der Waals surface area contributed by atoms with Crippen LogP contribution in [-0.4, -0.2) is 17.6 Å². The molecule has 1 N–H and O–H groups in total.